The van der Waals surface area contributed by atoms with Gasteiger partial charge in [-0.1, -0.05) is 13.8 Å². The van der Waals surface area contributed by atoms with Gasteiger partial charge >= 0.3 is 0 Å². The van der Waals surface area contributed by atoms with E-state index in [-0.39, 0.29) is 0 Å². The maximum absolute atomic E-state index is 5.21. The van der Waals surface area contributed by atoms with Gasteiger partial charge in [-0.15, -0.1) is 11.8 Å². The molecule has 2 rings (SSSR count). The molecular weight excluding hydrogens is 258 g/mol. The predicted molar refractivity (Wildman–Crippen MR) is 81.2 cm³/mol. The van der Waals surface area contributed by atoms with Gasteiger partial charge in [-0.3, -0.25) is 0 Å². The lowest BCUT2D eigenvalue weighted by atomic mass is 10.2. The molecule has 0 aliphatic heterocycles. The smallest absolute Gasteiger partial charge is 0.159 e. The summed E-state index contributed by atoms with van der Waals surface area (Å²) in [5, 5.41) is 4.28. The number of hydrogen-bond acceptors (Lipinski definition) is 5. The van der Waals surface area contributed by atoms with Gasteiger partial charge < -0.3 is 10.1 Å². The van der Waals surface area contributed by atoms with Gasteiger partial charge in [-0.25, -0.2) is 9.97 Å². The number of fused-ring (bicyclic) bond motifs is 1. The van der Waals surface area contributed by atoms with Gasteiger partial charge in [-0.2, -0.15) is 0 Å². The van der Waals surface area contributed by atoms with Crippen molar-refractivity contribution in [2.75, 3.05) is 25.2 Å². The Kier molecular flexibility index (Phi) is 4.47. The zero-order chi connectivity index (χ0) is 13.8. The molecule has 0 atom stereocenters. The van der Waals surface area contributed by atoms with Crippen LogP contribution in [0.3, 0.4) is 0 Å². The zero-order valence-corrected chi connectivity index (χ0v) is 12.5. The first-order valence-electron chi connectivity index (χ1n) is 6.27. The molecule has 2 aromatic rings. The number of benzene rings is 1. The standard InChI is InChI=1S/C14H19N3OS/c1-9(2)8-15-13-14(19-4)17-12-7-10(18-3)5-6-11(12)16-13/h5-7,9H,8H2,1-4H3,(H,15,16). The Morgan fingerprint density at radius 3 is 2.68 bits per heavy atom. The summed E-state index contributed by atoms with van der Waals surface area (Å²) in [5.74, 6) is 2.23. The van der Waals surface area contributed by atoms with Crippen LogP contribution in [0.4, 0.5) is 5.82 Å². The third-order valence-electron chi connectivity index (χ3n) is 2.71. The molecule has 0 radical (unpaired) electrons. The van der Waals surface area contributed by atoms with Gasteiger partial charge in [0.15, 0.2) is 5.82 Å². The number of rotatable bonds is 5. The summed E-state index contributed by atoms with van der Waals surface area (Å²) in [4.78, 5) is 9.28. The lowest BCUT2D eigenvalue weighted by molar-refractivity contribution is 0.415. The van der Waals surface area contributed by atoms with E-state index in [4.69, 9.17) is 4.74 Å². The van der Waals surface area contributed by atoms with Gasteiger partial charge in [0.25, 0.3) is 0 Å². The Bertz CT molecular complexity index is 572. The molecule has 1 aromatic carbocycles. The van der Waals surface area contributed by atoms with E-state index in [1.165, 1.54) is 0 Å². The Hall–Kier alpha value is -1.49. The molecule has 0 saturated heterocycles. The van der Waals surface area contributed by atoms with Gasteiger partial charge in [0.2, 0.25) is 0 Å². The van der Waals surface area contributed by atoms with E-state index in [9.17, 15) is 0 Å². The molecule has 0 aliphatic carbocycles. The first-order chi connectivity index (χ1) is 9.13. The van der Waals surface area contributed by atoms with E-state index < -0.39 is 0 Å². The largest absolute Gasteiger partial charge is 0.497 e. The molecule has 4 nitrogen and oxygen atoms in total. The second kappa shape index (κ2) is 6.10. The van der Waals surface area contributed by atoms with Gasteiger partial charge in [-0.05, 0) is 24.3 Å². The minimum Gasteiger partial charge on any atom is -0.497 e. The van der Waals surface area contributed by atoms with E-state index in [0.29, 0.717) is 5.92 Å². The minimum atomic E-state index is 0.572. The number of ether oxygens (including phenoxy) is 1. The van der Waals surface area contributed by atoms with E-state index in [0.717, 1.165) is 34.2 Å². The SMILES string of the molecule is COc1ccc2nc(NCC(C)C)c(SC)nc2c1. The number of methoxy groups -OCH3 is 1. The van der Waals surface area contributed by atoms with Crippen LogP contribution in [0.25, 0.3) is 11.0 Å². The Labute approximate surface area is 118 Å². The lowest BCUT2D eigenvalue weighted by Crippen LogP contribution is -2.10. The van der Waals surface area contributed by atoms with Gasteiger partial charge in [0, 0.05) is 12.6 Å². The van der Waals surface area contributed by atoms with Crippen LogP contribution >= 0.6 is 11.8 Å². The molecule has 19 heavy (non-hydrogen) atoms. The van der Waals surface area contributed by atoms with Crippen molar-refractivity contribution in [3.63, 3.8) is 0 Å². The molecule has 1 heterocycles. The second-order valence-electron chi connectivity index (χ2n) is 4.71. The van der Waals surface area contributed by atoms with Crippen LogP contribution in [0.15, 0.2) is 23.2 Å². The molecule has 0 aliphatic rings. The molecule has 0 bridgehead atoms. The summed E-state index contributed by atoms with van der Waals surface area (Å²) in [5.41, 5.74) is 1.74. The predicted octanol–water partition coefficient (Wildman–Crippen LogP) is 3.43. The Morgan fingerprint density at radius 2 is 2.05 bits per heavy atom. The maximum atomic E-state index is 5.21. The third-order valence-corrected chi connectivity index (χ3v) is 3.38. The molecular formula is C14H19N3OS. The van der Waals surface area contributed by atoms with E-state index in [1.807, 2.05) is 24.5 Å². The van der Waals surface area contributed by atoms with Crippen molar-refractivity contribution in [1.82, 2.24) is 9.97 Å². The Morgan fingerprint density at radius 1 is 1.26 bits per heavy atom. The molecule has 0 unspecified atom stereocenters. The highest BCUT2D eigenvalue weighted by molar-refractivity contribution is 7.98. The number of thioether (sulfide) groups is 1. The minimum absolute atomic E-state index is 0.572. The van der Waals surface area contributed by atoms with Crippen LogP contribution in [-0.4, -0.2) is 29.9 Å². The molecule has 0 spiro atoms. The zero-order valence-electron chi connectivity index (χ0n) is 11.7. The first kappa shape index (κ1) is 13.9. The molecule has 1 aromatic heterocycles. The third kappa shape index (κ3) is 3.29. The summed E-state index contributed by atoms with van der Waals surface area (Å²) in [6.07, 6.45) is 2.01. The van der Waals surface area contributed by atoms with E-state index in [2.05, 4.69) is 29.1 Å². The highest BCUT2D eigenvalue weighted by Crippen LogP contribution is 2.26. The van der Waals surface area contributed by atoms with Crippen molar-refractivity contribution < 1.29 is 4.74 Å². The molecule has 1 N–H and O–H groups in total. The lowest BCUT2D eigenvalue weighted by Gasteiger charge is -2.12. The van der Waals surface area contributed by atoms with Crippen LogP contribution in [0, 0.1) is 5.92 Å². The van der Waals surface area contributed by atoms with Crippen LogP contribution in [-0.2, 0) is 0 Å². The summed E-state index contributed by atoms with van der Waals surface area (Å²) in [7, 11) is 1.66. The normalized spacial score (nSPS) is 11.0. The van der Waals surface area contributed by atoms with Crippen molar-refractivity contribution in [1.29, 1.82) is 0 Å². The van der Waals surface area contributed by atoms with Crippen LogP contribution in [0.2, 0.25) is 0 Å². The average Bonchev–Trinajstić information content (AvgIpc) is 2.43. The van der Waals surface area contributed by atoms with Crippen LogP contribution < -0.4 is 10.1 Å². The summed E-state index contributed by atoms with van der Waals surface area (Å²) in [6, 6.07) is 5.75. The Balaban J connectivity index is 2.41. The quantitative estimate of drug-likeness (QED) is 0.848. The molecule has 102 valence electrons. The summed E-state index contributed by atoms with van der Waals surface area (Å²) >= 11 is 1.60. The van der Waals surface area contributed by atoms with Crippen molar-refractivity contribution in [2.24, 2.45) is 5.92 Å². The molecule has 0 fully saturated rings. The maximum Gasteiger partial charge on any atom is 0.159 e. The highest BCUT2D eigenvalue weighted by atomic mass is 32.2. The fourth-order valence-corrected chi connectivity index (χ4v) is 2.20. The van der Waals surface area contributed by atoms with Crippen molar-refractivity contribution in [2.45, 2.75) is 18.9 Å². The number of hydrogen-bond donors (Lipinski definition) is 1. The number of aromatic nitrogens is 2. The fraction of sp³-hybridized carbons (Fsp3) is 0.429. The number of anilines is 1. The van der Waals surface area contributed by atoms with E-state index in [1.54, 1.807) is 18.9 Å². The topological polar surface area (TPSA) is 47.0 Å². The number of nitrogens with zero attached hydrogens (tertiary/aromatic N) is 2. The molecule has 5 heteroatoms. The first-order valence-corrected chi connectivity index (χ1v) is 7.50. The molecule has 0 saturated carbocycles. The van der Waals surface area contributed by atoms with Gasteiger partial charge in [0.1, 0.15) is 10.8 Å². The average molecular weight is 277 g/mol. The van der Waals surface area contributed by atoms with Crippen molar-refractivity contribution in [3.05, 3.63) is 18.2 Å². The highest BCUT2D eigenvalue weighted by Gasteiger charge is 2.09. The van der Waals surface area contributed by atoms with Crippen LogP contribution in [0.5, 0.6) is 5.75 Å². The summed E-state index contributed by atoms with van der Waals surface area (Å²) in [6.45, 7) is 5.24. The molecule has 0 amide bonds. The monoisotopic (exact) mass is 277 g/mol. The van der Waals surface area contributed by atoms with Gasteiger partial charge in [0.05, 0.1) is 18.1 Å². The van der Waals surface area contributed by atoms with Crippen molar-refractivity contribution in [3.8, 4) is 5.75 Å². The van der Waals surface area contributed by atoms with E-state index >= 15 is 0 Å². The van der Waals surface area contributed by atoms with Crippen molar-refractivity contribution >= 4 is 28.6 Å². The summed E-state index contributed by atoms with van der Waals surface area (Å²) < 4.78 is 5.21. The van der Waals surface area contributed by atoms with Crippen LogP contribution in [0.1, 0.15) is 13.8 Å². The fourth-order valence-electron chi connectivity index (χ4n) is 1.70. The second-order valence-corrected chi connectivity index (χ2v) is 5.51. The number of nitrogens with one attached hydrogen (secondary N) is 1.